The molecule has 0 radical (unpaired) electrons. The van der Waals surface area contributed by atoms with Gasteiger partial charge in [-0.3, -0.25) is 4.98 Å². The Kier molecular flexibility index (Phi) is 6.56. The van der Waals surface area contributed by atoms with E-state index >= 15 is 0 Å². The van der Waals surface area contributed by atoms with Crippen LogP contribution >= 0.6 is 0 Å². The standard InChI is InChI=1S/C14H16FN3O.C3H8/c1-9-6-10(15)12(17-7-9)11-4-5-16-13(18-11)14(2,3)8-19;1-3-2/h4-7,19H,8H2,1-3H3;3H2,1-2H3. The molecule has 4 nitrogen and oxygen atoms in total. The van der Waals surface area contributed by atoms with E-state index in [1.807, 2.05) is 13.8 Å². The summed E-state index contributed by atoms with van der Waals surface area (Å²) < 4.78 is 13.9. The Morgan fingerprint density at radius 2 is 1.86 bits per heavy atom. The second-order valence-electron chi connectivity index (χ2n) is 5.86. The Bertz CT molecular complexity index is 615. The van der Waals surface area contributed by atoms with Crippen molar-refractivity contribution in [1.82, 2.24) is 15.0 Å². The molecule has 0 bridgehead atoms. The van der Waals surface area contributed by atoms with Crippen LogP contribution in [0.4, 0.5) is 4.39 Å². The molecule has 2 rings (SSSR count). The average Bonchev–Trinajstić information content (AvgIpc) is 2.48. The van der Waals surface area contributed by atoms with Gasteiger partial charge in [-0.25, -0.2) is 14.4 Å². The lowest BCUT2D eigenvalue weighted by Gasteiger charge is -2.19. The van der Waals surface area contributed by atoms with Crippen molar-refractivity contribution in [2.24, 2.45) is 0 Å². The summed E-state index contributed by atoms with van der Waals surface area (Å²) in [7, 11) is 0. The van der Waals surface area contributed by atoms with Crippen molar-refractivity contribution in [3.05, 3.63) is 41.7 Å². The van der Waals surface area contributed by atoms with E-state index < -0.39 is 11.2 Å². The number of aromatic nitrogens is 3. The number of aliphatic hydroxyl groups is 1. The summed E-state index contributed by atoms with van der Waals surface area (Å²) in [5.41, 5.74) is 0.801. The van der Waals surface area contributed by atoms with Crippen molar-refractivity contribution < 1.29 is 9.50 Å². The maximum Gasteiger partial charge on any atom is 0.151 e. The zero-order chi connectivity index (χ0) is 16.8. The molecule has 0 atom stereocenters. The topological polar surface area (TPSA) is 58.9 Å². The third-order valence-electron chi connectivity index (χ3n) is 2.88. The third kappa shape index (κ3) is 4.56. The van der Waals surface area contributed by atoms with Gasteiger partial charge in [0.2, 0.25) is 0 Å². The normalized spacial score (nSPS) is 10.9. The number of nitrogens with zero attached hydrogens (tertiary/aromatic N) is 3. The van der Waals surface area contributed by atoms with E-state index in [1.54, 1.807) is 25.4 Å². The third-order valence-corrected chi connectivity index (χ3v) is 2.88. The van der Waals surface area contributed by atoms with Crippen LogP contribution in [0.2, 0.25) is 0 Å². The van der Waals surface area contributed by atoms with E-state index in [1.165, 1.54) is 12.5 Å². The number of hydrogen-bond donors (Lipinski definition) is 1. The van der Waals surface area contributed by atoms with Crippen LogP contribution < -0.4 is 0 Å². The van der Waals surface area contributed by atoms with E-state index in [2.05, 4.69) is 28.8 Å². The monoisotopic (exact) mass is 305 g/mol. The van der Waals surface area contributed by atoms with E-state index in [-0.39, 0.29) is 12.3 Å². The number of hydrogen-bond acceptors (Lipinski definition) is 4. The molecule has 22 heavy (non-hydrogen) atoms. The zero-order valence-corrected chi connectivity index (χ0v) is 13.9. The molecule has 0 aromatic carbocycles. The van der Waals surface area contributed by atoms with Crippen molar-refractivity contribution >= 4 is 0 Å². The summed E-state index contributed by atoms with van der Waals surface area (Å²) in [6.45, 7) is 9.59. The fraction of sp³-hybridized carbons (Fsp3) is 0.471. The van der Waals surface area contributed by atoms with Gasteiger partial charge in [-0.05, 0) is 24.6 Å². The summed E-state index contributed by atoms with van der Waals surface area (Å²) in [4.78, 5) is 12.5. The maximum atomic E-state index is 13.9. The number of aryl methyl sites for hydroxylation is 1. The summed E-state index contributed by atoms with van der Waals surface area (Å²) in [6.07, 6.45) is 4.40. The molecule has 2 aromatic rings. The Morgan fingerprint density at radius 3 is 2.41 bits per heavy atom. The minimum absolute atomic E-state index is 0.0831. The molecule has 0 saturated carbocycles. The molecule has 0 fully saturated rings. The Labute approximate surface area is 131 Å². The van der Waals surface area contributed by atoms with Gasteiger partial charge in [-0.1, -0.05) is 34.1 Å². The van der Waals surface area contributed by atoms with Crippen LogP contribution in [0, 0.1) is 12.7 Å². The first-order chi connectivity index (χ1) is 10.4. The molecular formula is C17H24FN3O. The summed E-state index contributed by atoms with van der Waals surface area (Å²) in [5, 5.41) is 9.33. The van der Waals surface area contributed by atoms with Gasteiger partial charge in [0.15, 0.2) is 5.82 Å². The molecule has 120 valence electrons. The summed E-state index contributed by atoms with van der Waals surface area (Å²) in [6, 6.07) is 3.03. The second-order valence-corrected chi connectivity index (χ2v) is 5.86. The summed E-state index contributed by atoms with van der Waals surface area (Å²) in [5.74, 6) is 0.0562. The predicted molar refractivity (Wildman–Crippen MR) is 86.0 cm³/mol. The molecule has 0 spiro atoms. The number of pyridine rings is 1. The number of aliphatic hydroxyl groups excluding tert-OH is 1. The lowest BCUT2D eigenvalue weighted by Crippen LogP contribution is -2.25. The molecule has 0 amide bonds. The van der Waals surface area contributed by atoms with Crippen LogP contribution in [0.5, 0.6) is 0 Å². The molecule has 0 aliphatic rings. The second kappa shape index (κ2) is 7.94. The van der Waals surface area contributed by atoms with Gasteiger partial charge in [0.25, 0.3) is 0 Å². The highest BCUT2D eigenvalue weighted by atomic mass is 19.1. The van der Waals surface area contributed by atoms with Crippen LogP contribution in [-0.2, 0) is 5.41 Å². The smallest absolute Gasteiger partial charge is 0.151 e. The van der Waals surface area contributed by atoms with Crippen molar-refractivity contribution in [3.8, 4) is 11.4 Å². The van der Waals surface area contributed by atoms with Gasteiger partial charge in [0.05, 0.1) is 12.3 Å². The minimum atomic E-state index is -0.572. The van der Waals surface area contributed by atoms with E-state index in [4.69, 9.17) is 0 Å². The molecule has 0 aliphatic carbocycles. The molecule has 5 heteroatoms. The van der Waals surface area contributed by atoms with Crippen LogP contribution in [0.3, 0.4) is 0 Å². The molecule has 0 unspecified atom stereocenters. The first kappa shape index (κ1) is 18.2. The van der Waals surface area contributed by atoms with Crippen molar-refractivity contribution in [2.75, 3.05) is 6.61 Å². The Morgan fingerprint density at radius 1 is 1.23 bits per heavy atom. The van der Waals surface area contributed by atoms with Crippen LogP contribution in [0.25, 0.3) is 11.4 Å². The summed E-state index contributed by atoms with van der Waals surface area (Å²) >= 11 is 0. The fourth-order valence-corrected chi connectivity index (χ4v) is 1.61. The van der Waals surface area contributed by atoms with Gasteiger partial charge in [-0.15, -0.1) is 0 Å². The van der Waals surface area contributed by atoms with Crippen molar-refractivity contribution in [1.29, 1.82) is 0 Å². The highest BCUT2D eigenvalue weighted by Crippen LogP contribution is 2.23. The molecule has 2 aromatic heterocycles. The van der Waals surface area contributed by atoms with Gasteiger partial charge < -0.3 is 5.11 Å². The fourth-order valence-electron chi connectivity index (χ4n) is 1.61. The van der Waals surface area contributed by atoms with Gasteiger partial charge in [-0.2, -0.15) is 0 Å². The number of rotatable bonds is 3. The van der Waals surface area contributed by atoms with E-state index in [9.17, 15) is 9.50 Å². The lowest BCUT2D eigenvalue weighted by atomic mass is 9.93. The average molecular weight is 305 g/mol. The van der Waals surface area contributed by atoms with E-state index in [0.29, 0.717) is 11.5 Å². The van der Waals surface area contributed by atoms with E-state index in [0.717, 1.165) is 5.56 Å². The van der Waals surface area contributed by atoms with Crippen molar-refractivity contribution in [2.45, 2.75) is 46.5 Å². The SMILES string of the molecule is CCC.Cc1cnc(-c2ccnc(C(C)(C)CO)n2)c(F)c1. The lowest BCUT2D eigenvalue weighted by molar-refractivity contribution is 0.212. The van der Waals surface area contributed by atoms with Crippen LogP contribution in [0.15, 0.2) is 24.5 Å². The largest absolute Gasteiger partial charge is 0.395 e. The number of halogens is 1. The Balaban J connectivity index is 0.000000745. The molecule has 2 heterocycles. The van der Waals surface area contributed by atoms with Gasteiger partial charge >= 0.3 is 0 Å². The molecule has 1 N–H and O–H groups in total. The van der Waals surface area contributed by atoms with Gasteiger partial charge in [0.1, 0.15) is 11.5 Å². The minimum Gasteiger partial charge on any atom is -0.395 e. The zero-order valence-electron chi connectivity index (χ0n) is 13.9. The Hall–Kier alpha value is -1.88. The highest BCUT2D eigenvalue weighted by Gasteiger charge is 2.23. The van der Waals surface area contributed by atoms with Gasteiger partial charge in [0, 0.05) is 17.8 Å². The quantitative estimate of drug-likeness (QED) is 0.940. The molecule has 0 aliphatic heterocycles. The maximum absolute atomic E-state index is 13.9. The van der Waals surface area contributed by atoms with Crippen LogP contribution in [0.1, 0.15) is 45.5 Å². The molecule has 0 saturated heterocycles. The first-order valence-corrected chi connectivity index (χ1v) is 7.42. The van der Waals surface area contributed by atoms with Crippen molar-refractivity contribution in [3.63, 3.8) is 0 Å². The highest BCUT2D eigenvalue weighted by molar-refractivity contribution is 5.54. The van der Waals surface area contributed by atoms with Crippen LogP contribution in [-0.4, -0.2) is 26.7 Å². The first-order valence-electron chi connectivity index (χ1n) is 7.42. The predicted octanol–water partition coefficient (Wildman–Crippen LogP) is 3.67. The molecular weight excluding hydrogens is 281 g/mol.